The molecule has 524 valence electrons. The molecule has 7 aromatic rings. The van der Waals surface area contributed by atoms with Crippen LogP contribution in [0, 0.1) is 31.6 Å². The minimum absolute atomic E-state index is 0.000121. The van der Waals surface area contributed by atoms with Gasteiger partial charge in [0.05, 0.1) is 53.1 Å². The number of carbonyl (C=O) groups is 3. The number of phosphoric ester groups is 1. The predicted octanol–water partition coefficient (Wildman–Crippen LogP) is 9.51. The van der Waals surface area contributed by atoms with Crippen molar-refractivity contribution in [3.8, 4) is 5.75 Å². The summed E-state index contributed by atoms with van der Waals surface area (Å²) in [6.45, 7) is 12.3. The fourth-order valence-electron chi connectivity index (χ4n) is 12.4. The molecule has 0 bridgehead atoms. The summed E-state index contributed by atoms with van der Waals surface area (Å²) in [4.78, 5) is 78.6. The van der Waals surface area contributed by atoms with E-state index in [1.165, 1.54) is 59.9 Å². The molecule has 2 saturated carbocycles. The van der Waals surface area contributed by atoms with Crippen molar-refractivity contribution in [1.82, 2.24) is 19.9 Å². The first-order valence-electron chi connectivity index (χ1n) is 31.2. The van der Waals surface area contributed by atoms with Crippen molar-refractivity contribution in [2.45, 2.75) is 122 Å². The summed E-state index contributed by atoms with van der Waals surface area (Å²) < 4.78 is 96.2. The van der Waals surface area contributed by atoms with Crippen LogP contribution in [0.4, 0.5) is 11.6 Å². The summed E-state index contributed by atoms with van der Waals surface area (Å²) in [6.07, 6.45) is 7.59. The van der Waals surface area contributed by atoms with Gasteiger partial charge in [0.15, 0.2) is 0 Å². The standard InChI is InChI=1S/C34H36ClN4O10PS2.C31H38ClN5O7S2/c1-19(11-21-3-7-26(8-4-21)49-50(41,42)43)48-30-14-25(12-23(30)17-47-52(36,44)45)39-34-29(16-37-18-38-34)32(40)31-15-27(20(2)51-31)33-28-13-24(35)6-5-22(28)9-10-46-33;1-4-16(2)27(33)31(39)44-25-11-21(9-19(25)14-43-46(34,40)41)37-30-24(13-35-15-36-30)28(38)26-12-22(17(3)45-26)29-23-10-20(32)6-5-18(23)7-8-42-29/h3-8,13,15-16,18,23,25,30,33H,1,9-12,14,17H2,2H3,(H2,36,44,45)(H,37,38,39)(H2,41,42,43);5-6,10,12-13,15-16,19,21,25,27,29H,4,7-9,11,14,33H2,1-3H3,(H2,34,40,41)(H,35,36,37)/t23-,25-,30+,33?;16-,19+,21+,25-,27-,29?/m10/s1. The van der Waals surface area contributed by atoms with E-state index in [9.17, 15) is 35.8 Å². The zero-order chi connectivity index (χ0) is 70.4. The van der Waals surface area contributed by atoms with Crippen LogP contribution in [0.2, 0.25) is 10.0 Å². The Morgan fingerprint density at radius 2 is 1.16 bits per heavy atom. The van der Waals surface area contributed by atoms with Gasteiger partial charge in [-0.1, -0.05) is 74.3 Å². The monoisotopic (exact) mass is 1480 g/mol. The molecule has 4 aromatic heterocycles. The van der Waals surface area contributed by atoms with E-state index >= 15 is 0 Å². The average molecular weight is 1480 g/mol. The van der Waals surface area contributed by atoms with Crippen molar-refractivity contribution in [1.29, 1.82) is 0 Å². The summed E-state index contributed by atoms with van der Waals surface area (Å²) >= 11 is 15.4. The first kappa shape index (κ1) is 74.0. The zero-order valence-electron chi connectivity index (χ0n) is 53.6. The highest BCUT2D eigenvalue weighted by atomic mass is 35.5. The quantitative estimate of drug-likeness (QED) is 0.0115. The van der Waals surface area contributed by atoms with Gasteiger partial charge < -0.3 is 39.8 Å². The van der Waals surface area contributed by atoms with Crippen LogP contribution in [-0.2, 0) is 76.5 Å². The minimum Gasteiger partial charge on any atom is -0.495 e. The molecule has 98 heavy (non-hydrogen) atoms. The number of ether oxygens (including phenoxy) is 4. The minimum atomic E-state index is -4.70. The van der Waals surface area contributed by atoms with Gasteiger partial charge in [-0.05, 0) is 133 Å². The van der Waals surface area contributed by atoms with Crippen LogP contribution in [0.1, 0.15) is 137 Å². The number of halogens is 2. The number of rotatable bonds is 26. The van der Waals surface area contributed by atoms with Gasteiger partial charge in [-0.3, -0.25) is 32.5 Å². The summed E-state index contributed by atoms with van der Waals surface area (Å²) in [5.74, 6) is -1.16. The second-order valence-electron chi connectivity index (χ2n) is 24.3. The third kappa shape index (κ3) is 19.2. The van der Waals surface area contributed by atoms with Gasteiger partial charge in [0.25, 0.3) is 0 Å². The molecule has 2 unspecified atom stereocenters. The van der Waals surface area contributed by atoms with E-state index in [1.54, 1.807) is 12.1 Å². The number of nitrogens with one attached hydrogen (secondary N) is 2. The van der Waals surface area contributed by atoms with Crippen molar-refractivity contribution < 1.29 is 77.4 Å². The number of benzene rings is 3. The van der Waals surface area contributed by atoms with Gasteiger partial charge in [0.1, 0.15) is 60.5 Å². The van der Waals surface area contributed by atoms with Crippen molar-refractivity contribution in [2.75, 3.05) is 37.1 Å². The van der Waals surface area contributed by atoms with E-state index in [-0.39, 0.29) is 78.3 Å². The third-order valence-electron chi connectivity index (χ3n) is 17.4. The van der Waals surface area contributed by atoms with Crippen LogP contribution in [0.15, 0.2) is 110 Å². The lowest BCUT2D eigenvalue weighted by atomic mass is 9.93. The van der Waals surface area contributed by atoms with E-state index in [2.05, 4.69) is 41.7 Å². The van der Waals surface area contributed by atoms with Gasteiger partial charge in [0, 0.05) is 75.4 Å². The second kappa shape index (κ2) is 31.9. The number of anilines is 2. The van der Waals surface area contributed by atoms with E-state index in [0.29, 0.717) is 82.5 Å². The molecule has 0 spiro atoms. The predicted molar refractivity (Wildman–Crippen MR) is 367 cm³/mol. The molecule has 6 heterocycles. The van der Waals surface area contributed by atoms with E-state index in [4.69, 9.17) is 76.3 Å². The molecule has 0 radical (unpaired) electrons. The Kier molecular flexibility index (Phi) is 24.1. The van der Waals surface area contributed by atoms with E-state index < -0.39 is 64.5 Å². The molecule has 10 atom stereocenters. The fourth-order valence-corrected chi connectivity index (χ4v) is 15.9. The zero-order valence-corrected chi connectivity index (χ0v) is 59.3. The highest BCUT2D eigenvalue weighted by molar-refractivity contribution is 7.84. The second-order valence-corrected chi connectivity index (χ2v) is 31.3. The molecule has 2 fully saturated rings. The number of allylic oxidation sites excluding steroid dienone is 1. The average Bonchev–Trinajstić information content (AvgIpc) is 1.49. The molecule has 0 saturated heterocycles. The lowest BCUT2D eigenvalue weighted by Gasteiger charge is -2.26. The van der Waals surface area contributed by atoms with Gasteiger partial charge in [-0.25, -0.2) is 34.8 Å². The molecule has 4 aliphatic rings. The van der Waals surface area contributed by atoms with Crippen LogP contribution >= 0.6 is 53.7 Å². The first-order valence-corrected chi connectivity index (χ1v) is 38.0. The van der Waals surface area contributed by atoms with E-state index in [1.807, 2.05) is 76.2 Å². The number of hydrogen-bond acceptors (Lipinski definition) is 24. The summed E-state index contributed by atoms with van der Waals surface area (Å²) in [7, 11) is -13.1. The maximum atomic E-state index is 14.0. The number of nitrogens with zero attached hydrogens (tertiary/aromatic N) is 4. The van der Waals surface area contributed by atoms with Crippen LogP contribution < -0.4 is 31.2 Å². The van der Waals surface area contributed by atoms with Gasteiger partial charge in [0.2, 0.25) is 11.6 Å². The van der Waals surface area contributed by atoms with Gasteiger partial charge in [-0.15, -0.1) is 22.7 Å². The fraction of sp³-hybridized carbons (Fsp3) is 0.400. The number of aromatic nitrogens is 4. The molecular formula is C65H74Cl2N9O17PS4. The maximum absolute atomic E-state index is 14.0. The number of thiophene rings is 2. The molecule has 26 nitrogen and oxygen atoms in total. The molecule has 3 aromatic carbocycles. The Bertz CT molecular complexity index is 4370. The van der Waals surface area contributed by atoms with Gasteiger partial charge >= 0.3 is 34.4 Å². The number of esters is 1. The number of ketones is 2. The summed E-state index contributed by atoms with van der Waals surface area (Å²) in [6, 6.07) is 19.9. The van der Waals surface area contributed by atoms with Crippen LogP contribution in [0.3, 0.4) is 0 Å². The molecule has 0 amide bonds. The highest BCUT2D eigenvalue weighted by Gasteiger charge is 2.41. The lowest BCUT2D eigenvalue weighted by Crippen LogP contribution is -2.41. The van der Waals surface area contributed by atoms with Crippen molar-refractivity contribution >= 4 is 103 Å². The molecule has 33 heteroatoms. The normalized spacial score (nSPS) is 21.3. The number of hydrogen-bond donors (Lipinski definition) is 7. The summed E-state index contributed by atoms with van der Waals surface area (Å²) in [5, 5.41) is 18.0. The Morgan fingerprint density at radius 1 is 0.704 bits per heavy atom. The highest BCUT2D eigenvalue weighted by Crippen LogP contribution is 2.43. The number of phosphoric acid groups is 1. The third-order valence-corrected chi connectivity index (χ3v) is 21.4. The summed E-state index contributed by atoms with van der Waals surface area (Å²) in [5.41, 5.74) is 13.4. The lowest BCUT2D eigenvalue weighted by molar-refractivity contribution is -0.154. The van der Waals surface area contributed by atoms with Gasteiger partial charge in [-0.2, -0.15) is 16.8 Å². The van der Waals surface area contributed by atoms with Crippen LogP contribution in [0.5, 0.6) is 5.75 Å². The Balaban J connectivity index is 0.000000214. The molecule has 2 aliphatic carbocycles. The van der Waals surface area contributed by atoms with Crippen molar-refractivity contribution in [3.05, 3.63) is 190 Å². The number of aryl methyl sites for hydroxylation is 2. The topological polar surface area (TPSA) is 395 Å². The smallest absolute Gasteiger partial charge is 0.495 e. The molecule has 10 N–H and O–H groups in total. The Labute approximate surface area is 585 Å². The van der Waals surface area contributed by atoms with E-state index in [0.717, 1.165) is 61.5 Å². The molecule has 2 aliphatic heterocycles. The molecule has 11 rings (SSSR count). The number of nitrogens with two attached hydrogens (primary N) is 3. The SMILES string of the molecule is C=C(Cc1ccc(OP(=O)(O)O)cc1)O[C@H]1C[C@H](Nc2ncncc2C(=O)c2cc(C3OCCc4ccc(Cl)cc43)c(C)s2)C[C@@H]1COS(N)(=O)=O.CC[C@H](C)[C@H](N)C(=O)O[C@H]1C[C@H](Nc2ncncc2C(=O)c2cc(C3OCCc4ccc(Cl)cc43)c(C)s2)C[C@@H]1COS(N)(=O)=O. The first-order chi connectivity index (χ1) is 46.5. The van der Waals surface area contributed by atoms with Crippen molar-refractivity contribution in [3.63, 3.8) is 0 Å². The maximum Gasteiger partial charge on any atom is 0.524 e. The Morgan fingerprint density at radius 3 is 1.60 bits per heavy atom. The largest absolute Gasteiger partial charge is 0.524 e. The van der Waals surface area contributed by atoms with Crippen molar-refractivity contribution in [2.24, 2.45) is 33.8 Å². The van der Waals surface area contributed by atoms with Crippen LogP contribution in [-0.4, -0.2) is 121 Å². The number of fused-ring (bicyclic) bond motifs is 2. The number of carbonyl (C=O) groups excluding carboxylic acids is 3. The molecular weight excluding hydrogens is 1410 g/mol. The Hall–Kier alpha value is -6.68. The van der Waals surface area contributed by atoms with Crippen LogP contribution in [0.25, 0.3) is 0 Å².